The summed E-state index contributed by atoms with van der Waals surface area (Å²) in [4.78, 5) is 0. The summed E-state index contributed by atoms with van der Waals surface area (Å²) in [5.41, 5.74) is 0. The average Bonchev–Trinajstić information content (AvgIpc) is 1.94. The van der Waals surface area contributed by atoms with Gasteiger partial charge in [0, 0.05) is 4.43 Å². The molecule has 12 heavy (non-hydrogen) atoms. The van der Waals surface area contributed by atoms with Crippen molar-refractivity contribution in [1.82, 2.24) is 0 Å². The van der Waals surface area contributed by atoms with Crippen LogP contribution in [0.1, 0.15) is 0 Å². The Morgan fingerprint density at radius 1 is 1.00 bits per heavy atom. The molecule has 0 unspecified atom stereocenters. The second-order valence-electron chi connectivity index (χ2n) is 1.97. The van der Waals surface area contributed by atoms with Gasteiger partial charge < -0.3 is 9.47 Å². The summed E-state index contributed by atoms with van der Waals surface area (Å²) in [6.07, 6.45) is -4.23. The molecular formula is C6H10F3IO2. The van der Waals surface area contributed by atoms with E-state index in [0.717, 1.165) is 4.43 Å². The normalized spacial score (nSPS) is 12.0. The van der Waals surface area contributed by atoms with Gasteiger partial charge in [-0.05, 0) is 0 Å². The quantitative estimate of drug-likeness (QED) is 0.424. The van der Waals surface area contributed by atoms with Gasteiger partial charge in [0.25, 0.3) is 0 Å². The third-order valence-electron chi connectivity index (χ3n) is 0.859. The van der Waals surface area contributed by atoms with Crippen molar-refractivity contribution in [2.75, 3.05) is 30.9 Å². The van der Waals surface area contributed by atoms with Crippen molar-refractivity contribution in [3.8, 4) is 0 Å². The van der Waals surface area contributed by atoms with Crippen molar-refractivity contribution < 1.29 is 22.6 Å². The lowest BCUT2D eigenvalue weighted by Crippen LogP contribution is -2.19. The monoisotopic (exact) mass is 298 g/mol. The van der Waals surface area contributed by atoms with Crippen LogP contribution in [0.15, 0.2) is 0 Å². The van der Waals surface area contributed by atoms with Gasteiger partial charge >= 0.3 is 6.18 Å². The minimum atomic E-state index is -4.23. The maximum Gasteiger partial charge on any atom is 0.411 e. The smallest absolute Gasteiger partial charge is 0.378 e. The first-order chi connectivity index (χ1) is 5.56. The molecule has 0 aromatic heterocycles. The van der Waals surface area contributed by atoms with E-state index in [-0.39, 0.29) is 13.2 Å². The number of rotatable bonds is 6. The molecule has 0 amide bonds. The number of ether oxygens (including phenoxy) is 2. The fourth-order valence-electron chi connectivity index (χ4n) is 0.462. The fourth-order valence-corrected chi connectivity index (χ4v) is 0.774. The molecule has 0 spiro atoms. The van der Waals surface area contributed by atoms with E-state index >= 15 is 0 Å². The van der Waals surface area contributed by atoms with Crippen LogP contribution in [-0.2, 0) is 9.47 Å². The van der Waals surface area contributed by atoms with E-state index in [1.54, 1.807) is 0 Å². The highest BCUT2D eigenvalue weighted by atomic mass is 127. The van der Waals surface area contributed by atoms with Crippen LogP contribution in [0.25, 0.3) is 0 Å². The topological polar surface area (TPSA) is 18.5 Å². The molecule has 0 fully saturated rings. The van der Waals surface area contributed by atoms with Crippen molar-refractivity contribution >= 4 is 22.6 Å². The van der Waals surface area contributed by atoms with Crippen molar-refractivity contribution in [3.63, 3.8) is 0 Å². The van der Waals surface area contributed by atoms with Crippen LogP contribution in [0.2, 0.25) is 0 Å². The Morgan fingerprint density at radius 3 is 2.08 bits per heavy atom. The van der Waals surface area contributed by atoms with Crippen LogP contribution >= 0.6 is 22.6 Å². The maximum atomic E-state index is 11.5. The van der Waals surface area contributed by atoms with E-state index in [2.05, 4.69) is 27.3 Å². The zero-order chi connectivity index (χ0) is 9.45. The predicted octanol–water partition coefficient (Wildman–Crippen LogP) is 2.02. The van der Waals surface area contributed by atoms with Crippen LogP contribution < -0.4 is 0 Å². The summed E-state index contributed by atoms with van der Waals surface area (Å²) < 4.78 is 44.4. The number of alkyl halides is 4. The minimum absolute atomic E-state index is 0.00382. The Morgan fingerprint density at radius 2 is 1.58 bits per heavy atom. The summed E-state index contributed by atoms with van der Waals surface area (Å²) in [6.45, 7) is -0.425. The van der Waals surface area contributed by atoms with E-state index in [1.165, 1.54) is 0 Å². The van der Waals surface area contributed by atoms with Gasteiger partial charge in [0.05, 0.1) is 19.8 Å². The summed E-state index contributed by atoms with van der Waals surface area (Å²) in [6, 6.07) is 0. The molecule has 0 rings (SSSR count). The van der Waals surface area contributed by atoms with Crippen molar-refractivity contribution in [2.24, 2.45) is 0 Å². The molecule has 6 heteroatoms. The molecule has 0 aromatic carbocycles. The molecule has 0 aliphatic heterocycles. The van der Waals surface area contributed by atoms with Crippen molar-refractivity contribution in [1.29, 1.82) is 0 Å². The van der Waals surface area contributed by atoms with Gasteiger partial charge in [0.1, 0.15) is 6.61 Å². The molecular weight excluding hydrogens is 288 g/mol. The van der Waals surface area contributed by atoms with E-state index in [0.29, 0.717) is 6.61 Å². The Labute approximate surface area is 82.5 Å². The number of halogens is 4. The van der Waals surface area contributed by atoms with E-state index in [9.17, 15) is 13.2 Å². The van der Waals surface area contributed by atoms with Gasteiger partial charge in [-0.1, -0.05) is 22.6 Å². The molecule has 0 bridgehead atoms. The molecule has 0 atom stereocenters. The summed E-state index contributed by atoms with van der Waals surface area (Å²) in [5, 5.41) is 0. The molecule has 0 radical (unpaired) electrons. The van der Waals surface area contributed by atoms with Crippen molar-refractivity contribution in [3.05, 3.63) is 0 Å². The van der Waals surface area contributed by atoms with Gasteiger partial charge in [0.15, 0.2) is 0 Å². The molecule has 2 nitrogen and oxygen atoms in total. The van der Waals surface area contributed by atoms with Gasteiger partial charge in [-0.2, -0.15) is 13.2 Å². The Balaban J connectivity index is 3.01. The van der Waals surface area contributed by atoms with Crippen LogP contribution in [-0.4, -0.2) is 37.0 Å². The average molecular weight is 298 g/mol. The molecule has 0 saturated carbocycles. The maximum absolute atomic E-state index is 11.5. The predicted molar refractivity (Wildman–Crippen MR) is 46.6 cm³/mol. The summed E-state index contributed by atoms with van der Waals surface area (Å²) in [5.74, 6) is 0. The first-order valence-corrected chi connectivity index (χ1v) is 4.87. The van der Waals surface area contributed by atoms with Crippen LogP contribution in [0.4, 0.5) is 13.2 Å². The number of hydrogen-bond donors (Lipinski definition) is 0. The SMILES string of the molecule is FC(F)(F)COCCOCCI. The fraction of sp³-hybridized carbons (Fsp3) is 1.00. The van der Waals surface area contributed by atoms with E-state index in [4.69, 9.17) is 4.74 Å². The van der Waals surface area contributed by atoms with Crippen molar-refractivity contribution in [2.45, 2.75) is 6.18 Å². The number of hydrogen-bond acceptors (Lipinski definition) is 2. The third-order valence-corrected chi connectivity index (χ3v) is 1.30. The largest absolute Gasteiger partial charge is 0.411 e. The lowest BCUT2D eigenvalue weighted by Gasteiger charge is -2.07. The first kappa shape index (κ1) is 12.4. The second kappa shape index (κ2) is 6.90. The highest BCUT2D eigenvalue weighted by molar-refractivity contribution is 14.1. The summed E-state index contributed by atoms with van der Waals surface area (Å²) >= 11 is 2.12. The molecule has 0 aliphatic carbocycles. The van der Waals surface area contributed by atoms with Crippen LogP contribution in [0.5, 0.6) is 0 Å². The second-order valence-corrected chi connectivity index (χ2v) is 3.05. The van der Waals surface area contributed by atoms with Gasteiger partial charge in [-0.25, -0.2) is 0 Å². The Hall–Kier alpha value is 0.440. The molecule has 0 saturated heterocycles. The molecule has 0 heterocycles. The standard InChI is InChI=1S/C6H10F3IO2/c7-6(8,9)5-12-4-3-11-2-1-10/h1-5H2. The van der Waals surface area contributed by atoms with Crippen LogP contribution in [0, 0.1) is 0 Å². The third kappa shape index (κ3) is 10.4. The van der Waals surface area contributed by atoms with Gasteiger partial charge in [0.2, 0.25) is 0 Å². The van der Waals surface area contributed by atoms with Gasteiger partial charge in [-0.3, -0.25) is 0 Å². The van der Waals surface area contributed by atoms with Gasteiger partial charge in [-0.15, -0.1) is 0 Å². The Bertz CT molecular complexity index is 107. The van der Waals surface area contributed by atoms with Crippen LogP contribution in [0.3, 0.4) is 0 Å². The molecule has 0 N–H and O–H groups in total. The molecule has 74 valence electrons. The van der Waals surface area contributed by atoms with E-state index in [1.807, 2.05) is 0 Å². The minimum Gasteiger partial charge on any atom is -0.378 e. The lowest BCUT2D eigenvalue weighted by atomic mass is 10.7. The highest BCUT2D eigenvalue weighted by Crippen LogP contribution is 2.13. The lowest BCUT2D eigenvalue weighted by molar-refractivity contribution is -0.176. The zero-order valence-electron chi connectivity index (χ0n) is 6.36. The molecule has 0 aliphatic rings. The highest BCUT2D eigenvalue weighted by Gasteiger charge is 2.27. The van der Waals surface area contributed by atoms with E-state index < -0.39 is 12.8 Å². The zero-order valence-corrected chi connectivity index (χ0v) is 8.52. The Kier molecular flexibility index (Phi) is 7.16. The molecule has 0 aromatic rings. The first-order valence-electron chi connectivity index (χ1n) is 3.34. The summed E-state index contributed by atoms with van der Waals surface area (Å²) in [7, 11) is 0.